The molecule has 130 valence electrons. The molecular weight excluding hydrogens is 318 g/mol. The van der Waals surface area contributed by atoms with E-state index in [9.17, 15) is 9.59 Å². The molecule has 1 aliphatic rings. The SMILES string of the molecule is COc1ccccc1C(=O)N1CCN(c2ccc(C(N)=O)cc2)CC1. The van der Waals surface area contributed by atoms with Crippen molar-refractivity contribution in [2.75, 3.05) is 38.2 Å². The Morgan fingerprint density at radius 1 is 0.960 bits per heavy atom. The average Bonchev–Trinajstić information content (AvgIpc) is 2.67. The second-order valence-corrected chi connectivity index (χ2v) is 5.89. The van der Waals surface area contributed by atoms with Gasteiger partial charge in [0.05, 0.1) is 12.7 Å². The Balaban J connectivity index is 1.65. The van der Waals surface area contributed by atoms with Crippen LogP contribution in [0.25, 0.3) is 0 Å². The number of carbonyl (C=O) groups is 2. The minimum Gasteiger partial charge on any atom is -0.496 e. The Morgan fingerprint density at radius 3 is 2.20 bits per heavy atom. The maximum absolute atomic E-state index is 12.7. The van der Waals surface area contributed by atoms with E-state index in [4.69, 9.17) is 10.5 Å². The lowest BCUT2D eigenvalue weighted by Gasteiger charge is -2.36. The Labute approximate surface area is 146 Å². The van der Waals surface area contributed by atoms with Gasteiger partial charge < -0.3 is 20.3 Å². The molecule has 1 saturated heterocycles. The topological polar surface area (TPSA) is 75.9 Å². The molecule has 2 aromatic carbocycles. The largest absolute Gasteiger partial charge is 0.496 e. The quantitative estimate of drug-likeness (QED) is 0.921. The molecule has 6 nitrogen and oxygen atoms in total. The molecular formula is C19H21N3O3. The normalized spacial score (nSPS) is 14.3. The molecule has 2 N–H and O–H groups in total. The summed E-state index contributed by atoms with van der Waals surface area (Å²) in [6.07, 6.45) is 0. The summed E-state index contributed by atoms with van der Waals surface area (Å²) in [6.45, 7) is 2.73. The van der Waals surface area contributed by atoms with Crippen LogP contribution in [0, 0.1) is 0 Å². The van der Waals surface area contributed by atoms with Crippen LogP contribution in [-0.2, 0) is 0 Å². The number of ether oxygens (including phenoxy) is 1. The molecule has 0 aromatic heterocycles. The third-order valence-corrected chi connectivity index (χ3v) is 4.42. The second kappa shape index (κ2) is 7.25. The molecule has 0 bridgehead atoms. The zero-order valence-electron chi connectivity index (χ0n) is 14.1. The van der Waals surface area contributed by atoms with Crippen molar-refractivity contribution in [1.82, 2.24) is 4.90 Å². The molecule has 1 heterocycles. The Morgan fingerprint density at radius 2 is 1.60 bits per heavy atom. The van der Waals surface area contributed by atoms with Gasteiger partial charge in [0, 0.05) is 37.4 Å². The summed E-state index contributed by atoms with van der Waals surface area (Å²) in [5, 5.41) is 0. The minimum atomic E-state index is -0.432. The van der Waals surface area contributed by atoms with Crippen LogP contribution in [0.2, 0.25) is 0 Å². The first-order valence-electron chi connectivity index (χ1n) is 8.17. The lowest BCUT2D eigenvalue weighted by molar-refractivity contribution is 0.0743. The van der Waals surface area contributed by atoms with Gasteiger partial charge in [0.2, 0.25) is 5.91 Å². The van der Waals surface area contributed by atoms with E-state index in [1.165, 1.54) is 0 Å². The van der Waals surface area contributed by atoms with Gasteiger partial charge in [0.25, 0.3) is 5.91 Å². The van der Waals surface area contributed by atoms with E-state index in [0.717, 1.165) is 18.8 Å². The Bertz CT molecular complexity index is 766. The number of methoxy groups -OCH3 is 1. The Kier molecular flexibility index (Phi) is 4.88. The molecule has 1 aliphatic heterocycles. The van der Waals surface area contributed by atoms with E-state index in [1.54, 1.807) is 31.4 Å². The lowest BCUT2D eigenvalue weighted by Crippen LogP contribution is -2.48. The number of anilines is 1. The molecule has 0 aliphatic carbocycles. The summed E-state index contributed by atoms with van der Waals surface area (Å²) in [5.41, 5.74) is 7.37. The van der Waals surface area contributed by atoms with Crippen LogP contribution in [0.3, 0.4) is 0 Å². The number of nitrogens with zero attached hydrogens (tertiary/aromatic N) is 2. The van der Waals surface area contributed by atoms with Gasteiger partial charge >= 0.3 is 0 Å². The number of amides is 2. The smallest absolute Gasteiger partial charge is 0.257 e. The second-order valence-electron chi connectivity index (χ2n) is 5.89. The fourth-order valence-corrected chi connectivity index (χ4v) is 3.00. The molecule has 2 aromatic rings. The van der Waals surface area contributed by atoms with Gasteiger partial charge in [0.1, 0.15) is 5.75 Å². The van der Waals surface area contributed by atoms with Crippen LogP contribution in [-0.4, -0.2) is 50.0 Å². The zero-order chi connectivity index (χ0) is 17.8. The highest BCUT2D eigenvalue weighted by Gasteiger charge is 2.24. The van der Waals surface area contributed by atoms with Crippen molar-refractivity contribution in [3.63, 3.8) is 0 Å². The van der Waals surface area contributed by atoms with Gasteiger partial charge in [-0.1, -0.05) is 12.1 Å². The highest BCUT2D eigenvalue weighted by Crippen LogP contribution is 2.22. The zero-order valence-corrected chi connectivity index (χ0v) is 14.1. The van der Waals surface area contributed by atoms with Gasteiger partial charge in [-0.05, 0) is 36.4 Å². The molecule has 1 fully saturated rings. The summed E-state index contributed by atoms with van der Waals surface area (Å²) in [7, 11) is 1.57. The third-order valence-electron chi connectivity index (χ3n) is 4.42. The average molecular weight is 339 g/mol. The van der Waals surface area contributed by atoms with E-state index in [1.807, 2.05) is 29.2 Å². The number of hydrogen-bond donors (Lipinski definition) is 1. The molecule has 6 heteroatoms. The van der Waals surface area contributed by atoms with Crippen LogP contribution >= 0.6 is 0 Å². The number of benzene rings is 2. The number of piperazine rings is 1. The van der Waals surface area contributed by atoms with Crippen molar-refractivity contribution in [3.8, 4) is 5.75 Å². The number of hydrogen-bond acceptors (Lipinski definition) is 4. The van der Waals surface area contributed by atoms with Crippen molar-refractivity contribution < 1.29 is 14.3 Å². The predicted octanol–water partition coefficient (Wildman–Crippen LogP) is 1.76. The number of para-hydroxylation sites is 1. The molecule has 25 heavy (non-hydrogen) atoms. The number of rotatable bonds is 4. The maximum Gasteiger partial charge on any atom is 0.257 e. The summed E-state index contributed by atoms with van der Waals surface area (Å²) in [6, 6.07) is 14.5. The van der Waals surface area contributed by atoms with E-state index in [-0.39, 0.29) is 5.91 Å². The fourth-order valence-electron chi connectivity index (χ4n) is 3.00. The predicted molar refractivity (Wildman–Crippen MR) is 96.1 cm³/mol. The summed E-state index contributed by atoms with van der Waals surface area (Å²) in [4.78, 5) is 27.9. The monoisotopic (exact) mass is 339 g/mol. The van der Waals surface area contributed by atoms with Crippen LogP contribution in [0.1, 0.15) is 20.7 Å². The van der Waals surface area contributed by atoms with Crippen LogP contribution in [0.4, 0.5) is 5.69 Å². The highest BCUT2D eigenvalue weighted by atomic mass is 16.5. The lowest BCUT2D eigenvalue weighted by atomic mass is 10.1. The molecule has 3 rings (SSSR count). The van der Waals surface area contributed by atoms with Gasteiger partial charge in [-0.3, -0.25) is 9.59 Å². The van der Waals surface area contributed by atoms with E-state index >= 15 is 0 Å². The summed E-state index contributed by atoms with van der Waals surface area (Å²) in [5.74, 6) is 0.150. The molecule has 2 amide bonds. The van der Waals surface area contributed by atoms with Gasteiger partial charge in [-0.25, -0.2) is 0 Å². The van der Waals surface area contributed by atoms with Gasteiger partial charge in [-0.15, -0.1) is 0 Å². The summed E-state index contributed by atoms with van der Waals surface area (Å²) < 4.78 is 5.28. The van der Waals surface area contributed by atoms with Crippen molar-refractivity contribution in [2.45, 2.75) is 0 Å². The van der Waals surface area contributed by atoms with Crippen molar-refractivity contribution in [3.05, 3.63) is 59.7 Å². The third kappa shape index (κ3) is 3.57. The standard InChI is InChI=1S/C19H21N3O3/c1-25-17-5-3-2-4-16(17)19(24)22-12-10-21(11-13-22)15-8-6-14(7-9-15)18(20)23/h2-9H,10-13H2,1H3,(H2,20,23). The van der Waals surface area contributed by atoms with E-state index in [2.05, 4.69) is 4.90 Å². The molecule has 0 atom stereocenters. The first-order chi connectivity index (χ1) is 12.1. The maximum atomic E-state index is 12.7. The van der Waals surface area contributed by atoms with Gasteiger partial charge in [-0.2, -0.15) is 0 Å². The van der Waals surface area contributed by atoms with Gasteiger partial charge in [0.15, 0.2) is 0 Å². The molecule has 0 radical (unpaired) electrons. The van der Waals surface area contributed by atoms with Crippen LogP contribution in [0.5, 0.6) is 5.75 Å². The molecule has 0 unspecified atom stereocenters. The van der Waals surface area contributed by atoms with Crippen LogP contribution < -0.4 is 15.4 Å². The Hall–Kier alpha value is -3.02. The van der Waals surface area contributed by atoms with E-state index in [0.29, 0.717) is 30.0 Å². The highest BCUT2D eigenvalue weighted by molar-refractivity contribution is 5.97. The molecule has 0 spiro atoms. The first-order valence-corrected chi connectivity index (χ1v) is 8.17. The number of carbonyl (C=O) groups excluding carboxylic acids is 2. The van der Waals surface area contributed by atoms with Crippen molar-refractivity contribution in [2.24, 2.45) is 5.73 Å². The van der Waals surface area contributed by atoms with Crippen molar-refractivity contribution in [1.29, 1.82) is 0 Å². The first kappa shape index (κ1) is 16.8. The van der Waals surface area contributed by atoms with Crippen LogP contribution in [0.15, 0.2) is 48.5 Å². The summed E-state index contributed by atoms with van der Waals surface area (Å²) >= 11 is 0. The molecule has 0 saturated carbocycles. The minimum absolute atomic E-state index is 0.0128. The fraction of sp³-hybridized carbons (Fsp3) is 0.263. The van der Waals surface area contributed by atoms with Crippen molar-refractivity contribution >= 4 is 17.5 Å². The van der Waals surface area contributed by atoms with E-state index < -0.39 is 5.91 Å². The number of nitrogens with two attached hydrogens (primary N) is 1. The number of primary amides is 1.